The van der Waals surface area contributed by atoms with Crippen molar-refractivity contribution in [1.82, 2.24) is 20.2 Å². The number of fused-ring (bicyclic) bond motifs is 1. The fourth-order valence-corrected chi connectivity index (χ4v) is 4.59. The van der Waals surface area contributed by atoms with Crippen molar-refractivity contribution in [3.8, 4) is 11.3 Å². The Kier molecular flexibility index (Phi) is 6.25. The Bertz CT molecular complexity index is 937. The lowest BCUT2D eigenvalue weighted by Crippen LogP contribution is -2.38. The van der Waals surface area contributed by atoms with Gasteiger partial charge in [0.15, 0.2) is 0 Å². The van der Waals surface area contributed by atoms with E-state index in [2.05, 4.69) is 35.5 Å². The second-order valence-electron chi connectivity index (χ2n) is 9.09. The van der Waals surface area contributed by atoms with Crippen LogP contribution in [0.2, 0.25) is 0 Å². The second kappa shape index (κ2) is 8.93. The lowest BCUT2D eigenvalue weighted by atomic mass is 9.91. The van der Waals surface area contributed by atoms with Crippen LogP contribution in [0, 0.1) is 0 Å². The van der Waals surface area contributed by atoms with E-state index in [0.717, 1.165) is 61.2 Å². The van der Waals surface area contributed by atoms with Crippen LogP contribution in [0.5, 0.6) is 0 Å². The monoisotopic (exact) mass is 423 g/mol. The first kappa shape index (κ1) is 21.7. The summed E-state index contributed by atoms with van der Waals surface area (Å²) in [4.78, 5) is 23.5. The maximum atomic E-state index is 12.5. The van der Waals surface area contributed by atoms with Crippen molar-refractivity contribution < 1.29 is 9.53 Å². The average molecular weight is 424 g/mol. The van der Waals surface area contributed by atoms with Gasteiger partial charge in [-0.15, -0.1) is 0 Å². The highest BCUT2D eigenvalue weighted by Crippen LogP contribution is 2.39. The van der Waals surface area contributed by atoms with Gasteiger partial charge in [0.2, 0.25) is 5.95 Å². The summed E-state index contributed by atoms with van der Waals surface area (Å²) >= 11 is 0. The van der Waals surface area contributed by atoms with Gasteiger partial charge in [-0.25, -0.2) is 9.97 Å². The summed E-state index contributed by atoms with van der Waals surface area (Å²) in [5, 5.41) is 7.08. The minimum atomic E-state index is -0.327. The Hall–Kier alpha value is -2.51. The molecule has 2 N–H and O–H groups in total. The van der Waals surface area contributed by atoms with Gasteiger partial charge < -0.3 is 20.3 Å². The molecule has 7 heteroatoms. The molecule has 0 radical (unpaired) electrons. The van der Waals surface area contributed by atoms with Gasteiger partial charge in [-0.2, -0.15) is 0 Å². The summed E-state index contributed by atoms with van der Waals surface area (Å²) in [5.74, 6) is 0.741. The molecule has 31 heavy (non-hydrogen) atoms. The highest BCUT2D eigenvalue weighted by molar-refractivity contribution is 6.00. The fourth-order valence-electron chi connectivity index (χ4n) is 4.59. The molecule has 1 aromatic carbocycles. The zero-order chi connectivity index (χ0) is 22.0. The van der Waals surface area contributed by atoms with E-state index < -0.39 is 0 Å². The van der Waals surface area contributed by atoms with Gasteiger partial charge in [0.05, 0.1) is 17.8 Å². The van der Waals surface area contributed by atoms with Gasteiger partial charge >= 0.3 is 0 Å². The largest absolute Gasteiger partial charge is 0.383 e. The zero-order valence-corrected chi connectivity index (χ0v) is 18.9. The minimum Gasteiger partial charge on any atom is -0.383 e. The summed E-state index contributed by atoms with van der Waals surface area (Å²) < 4.78 is 5.12. The van der Waals surface area contributed by atoms with Gasteiger partial charge in [0, 0.05) is 50.1 Å². The van der Waals surface area contributed by atoms with Gasteiger partial charge in [0.1, 0.15) is 0 Å². The van der Waals surface area contributed by atoms with Crippen LogP contribution >= 0.6 is 0 Å². The Labute approximate surface area is 184 Å². The number of nitrogens with zero attached hydrogens (tertiary/aromatic N) is 3. The predicted octanol–water partition coefficient (Wildman–Crippen LogP) is 3.42. The number of methoxy groups -OCH3 is 1. The van der Waals surface area contributed by atoms with Crippen molar-refractivity contribution in [2.24, 2.45) is 0 Å². The minimum absolute atomic E-state index is 0.0731. The van der Waals surface area contributed by atoms with E-state index in [1.54, 1.807) is 18.2 Å². The van der Waals surface area contributed by atoms with Crippen molar-refractivity contribution in [3.05, 3.63) is 41.6 Å². The normalized spacial score (nSPS) is 22.5. The van der Waals surface area contributed by atoms with E-state index in [9.17, 15) is 4.79 Å². The number of carbonyl (C=O) groups is 1. The third kappa shape index (κ3) is 4.43. The summed E-state index contributed by atoms with van der Waals surface area (Å²) in [7, 11) is 3.59. The second-order valence-corrected chi connectivity index (χ2v) is 9.09. The van der Waals surface area contributed by atoms with Crippen LogP contribution in [0.25, 0.3) is 11.3 Å². The SMILES string of the molecule is COCCNC1CCC(Nc2nccc(-c3ccc4c(c3)C(C)(C)N(C)C4=O)n2)CC1. The molecule has 1 aliphatic carbocycles. The molecular formula is C24H33N5O2. The zero-order valence-electron chi connectivity index (χ0n) is 18.9. The van der Waals surface area contributed by atoms with Gasteiger partial charge in [-0.3, -0.25) is 4.79 Å². The molecule has 4 rings (SSSR count). The molecule has 1 aliphatic heterocycles. The highest BCUT2D eigenvalue weighted by atomic mass is 16.5. The van der Waals surface area contributed by atoms with Crippen molar-refractivity contribution in [2.45, 2.75) is 57.2 Å². The fraction of sp³-hybridized carbons (Fsp3) is 0.542. The van der Waals surface area contributed by atoms with E-state index in [1.165, 1.54) is 0 Å². The molecule has 1 fully saturated rings. The first-order valence-electron chi connectivity index (χ1n) is 11.1. The van der Waals surface area contributed by atoms with E-state index in [-0.39, 0.29) is 11.4 Å². The van der Waals surface area contributed by atoms with Crippen LogP contribution in [0.1, 0.15) is 55.5 Å². The van der Waals surface area contributed by atoms with E-state index in [1.807, 2.05) is 25.2 Å². The molecule has 0 atom stereocenters. The molecule has 1 amide bonds. The van der Waals surface area contributed by atoms with Crippen LogP contribution < -0.4 is 10.6 Å². The number of benzene rings is 1. The topological polar surface area (TPSA) is 79.4 Å². The Balaban J connectivity index is 1.43. The summed E-state index contributed by atoms with van der Waals surface area (Å²) in [6, 6.07) is 8.88. The third-order valence-electron chi connectivity index (χ3n) is 6.80. The van der Waals surface area contributed by atoms with Crippen molar-refractivity contribution in [3.63, 3.8) is 0 Å². The summed E-state index contributed by atoms with van der Waals surface area (Å²) in [6.45, 7) is 5.81. The predicted molar refractivity (Wildman–Crippen MR) is 122 cm³/mol. The lowest BCUT2D eigenvalue weighted by molar-refractivity contribution is 0.0691. The van der Waals surface area contributed by atoms with Gasteiger partial charge in [-0.1, -0.05) is 6.07 Å². The Morgan fingerprint density at radius 2 is 1.90 bits per heavy atom. The molecule has 2 aliphatic rings. The molecule has 1 saturated carbocycles. The van der Waals surface area contributed by atoms with Gasteiger partial charge in [-0.05, 0) is 63.3 Å². The molecule has 166 valence electrons. The number of hydrogen-bond donors (Lipinski definition) is 2. The molecule has 2 heterocycles. The number of carbonyl (C=O) groups excluding carboxylic acids is 1. The summed E-state index contributed by atoms with van der Waals surface area (Å²) in [5.41, 5.74) is 3.37. The number of hydrogen-bond acceptors (Lipinski definition) is 6. The number of nitrogens with one attached hydrogen (secondary N) is 2. The number of aromatic nitrogens is 2. The van der Waals surface area contributed by atoms with Crippen molar-refractivity contribution in [1.29, 1.82) is 0 Å². The van der Waals surface area contributed by atoms with Crippen LogP contribution in [0.4, 0.5) is 5.95 Å². The molecule has 0 unspecified atom stereocenters. The maximum Gasteiger partial charge on any atom is 0.254 e. The van der Waals surface area contributed by atoms with E-state index in [4.69, 9.17) is 9.72 Å². The average Bonchev–Trinajstić information content (AvgIpc) is 2.95. The Morgan fingerprint density at radius 3 is 2.65 bits per heavy atom. The lowest BCUT2D eigenvalue weighted by Gasteiger charge is -2.29. The Morgan fingerprint density at radius 1 is 1.16 bits per heavy atom. The van der Waals surface area contributed by atoms with Gasteiger partial charge in [0.25, 0.3) is 5.91 Å². The van der Waals surface area contributed by atoms with Crippen LogP contribution in [-0.4, -0.2) is 60.2 Å². The maximum absolute atomic E-state index is 12.5. The molecule has 1 aromatic heterocycles. The molecule has 7 nitrogen and oxygen atoms in total. The first-order chi connectivity index (χ1) is 14.9. The van der Waals surface area contributed by atoms with Crippen LogP contribution in [0.3, 0.4) is 0 Å². The number of anilines is 1. The number of rotatable bonds is 7. The van der Waals surface area contributed by atoms with Crippen molar-refractivity contribution in [2.75, 3.05) is 32.6 Å². The molecule has 2 aromatic rings. The quantitative estimate of drug-likeness (QED) is 0.665. The highest BCUT2D eigenvalue weighted by Gasteiger charge is 2.40. The third-order valence-corrected chi connectivity index (χ3v) is 6.80. The smallest absolute Gasteiger partial charge is 0.254 e. The van der Waals surface area contributed by atoms with Crippen LogP contribution in [-0.2, 0) is 10.3 Å². The molecule has 0 spiro atoms. The molecular weight excluding hydrogens is 390 g/mol. The van der Waals surface area contributed by atoms with E-state index in [0.29, 0.717) is 18.0 Å². The number of ether oxygens (including phenoxy) is 1. The molecule has 0 bridgehead atoms. The van der Waals surface area contributed by atoms with E-state index >= 15 is 0 Å². The van der Waals surface area contributed by atoms with Crippen molar-refractivity contribution >= 4 is 11.9 Å². The van der Waals surface area contributed by atoms with Crippen LogP contribution in [0.15, 0.2) is 30.5 Å². The number of amides is 1. The standard InChI is InChI=1S/C24H33N5O2/c1-24(2)20-15-16(5-10-19(20)22(30)29(24)3)21-11-12-26-23(28-21)27-18-8-6-17(7-9-18)25-13-14-31-4/h5,10-12,15,17-18,25H,6-9,13-14H2,1-4H3,(H,26,27,28). The summed E-state index contributed by atoms with van der Waals surface area (Å²) in [6.07, 6.45) is 6.28. The molecule has 0 saturated heterocycles. The first-order valence-corrected chi connectivity index (χ1v) is 11.1.